The topological polar surface area (TPSA) is 38.3 Å². The summed E-state index contributed by atoms with van der Waals surface area (Å²) in [5, 5.41) is 3.02. The Morgan fingerprint density at radius 3 is 2.75 bits per heavy atom. The maximum atomic E-state index is 13.5. The number of carbonyl (C=O) groups is 1. The smallest absolute Gasteiger partial charge is 0.181 e. The van der Waals surface area contributed by atoms with Crippen molar-refractivity contribution >= 4 is 34.1 Å². The number of halogens is 2. The molecule has 2 rings (SSSR count). The molecular weight excluding hydrogens is 372 g/mol. The van der Waals surface area contributed by atoms with Gasteiger partial charge in [0, 0.05) is 14.8 Å². The van der Waals surface area contributed by atoms with Crippen molar-refractivity contribution < 1.29 is 13.9 Å². The van der Waals surface area contributed by atoms with Crippen LogP contribution in [0.4, 0.5) is 10.1 Å². The predicted octanol–water partition coefficient (Wildman–Crippen LogP) is 3.73. The minimum atomic E-state index is -0.535. The molecule has 0 radical (unpaired) electrons. The van der Waals surface area contributed by atoms with Gasteiger partial charge in [0.25, 0.3) is 0 Å². The van der Waals surface area contributed by atoms with Crippen molar-refractivity contribution in [2.24, 2.45) is 0 Å². The molecule has 0 unspecified atom stereocenters. The summed E-state index contributed by atoms with van der Waals surface area (Å²) in [5.41, 5.74) is 1.18. The SMILES string of the molecule is COc1ccc(C(=O)CNc2cccc(I)c2)cc1F. The van der Waals surface area contributed by atoms with E-state index < -0.39 is 5.82 Å². The number of nitrogens with one attached hydrogen (secondary N) is 1. The molecule has 0 aliphatic rings. The van der Waals surface area contributed by atoms with Crippen LogP contribution in [0.25, 0.3) is 0 Å². The Morgan fingerprint density at radius 2 is 2.10 bits per heavy atom. The van der Waals surface area contributed by atoms with E-state index in [4.69, 9.17) is 4.74 Å². The third-order valence-electron chi connectivity index (χ3n) is 2.75. The average Bonchev–Trinajstić information content (AvgIpc) is 2.44. The van der Waals surface area contributed by atoms with Gasteiger partial charge in [-0.1, -0.05) is 6.07 Å². The van der Waals surface area contributed by atoms with E-state index in [0.717, 1.165) is 9.26 Å². The first kappa shape index (κ1) is 14.8. The zero-order valence-electron chi connectivity index (χ0n) is 10.8. The number of rotatable bonds is 5. The molecule has 0 heterocycles. The minimum absolute atomic E-state index is 0.117. The van der Waals surface area contributed by atoms with Crippen molar-refractivity contribution in [2.75, 3.05) is 19.0 Å². The van der Waals surface area contributed by atoms with Crippen LogP contribution in [0.15, 0.2) is 42.5 Å². The first-order chi connectivity index (χ1) is 9.60. The summed E-state index contributed by atoms with van der Waals surface area (Å²) in [6.07, 6.45) is 0. The highest BCUT2D eigenvalue weighted by Gasteiger charge is 2.10. The van der Waals surface area contributed by atoms with Crippen LogP contribution in [0.5, 0.6) is 5.75 Å². The van der Waals surface area contributed by atoms with E-state index in [-0.39, 0.29) is 18.1 Å². The molecule has 0 aromatic heterocycles. The summed E-state index contributed by atoms with van der Waals surface area (Å²) in [5.74, 6) is -0.579. The first-order valence-electron chi connectivity index (χ1n) is 5.96. The number of ether oxygens (including phenoxy) is 1. The normalized spacial score (nSPS) is 10.2. The summed E-state index contributed by atoms with van der Waals surface area (Å²) in [6, 6.07) is 11.9. The number of benzene rings is 2. The lowest BCUT2D eigenvalue weighted by molar-refractivity contribution is 0.101. The number of methoxy groups -OCH3 is 1. The molecule has 1 N–H and O–H groups in total. The van der Waals surface area contributed by atoms with Crippen LogP contribution in [-0.2, 0) is 0 Å². The van der Waals surface area contributed by atoms with Gasteiger partial charge in [0.1, 0.15) is 0 Å². The van der Waals surface area contributed by atoms with Gasteiger partial charge in [0.05, 0.1) is 13.7 Å². The number of Topliss-reactive ketones (excluding diaryl/α,β-unsaturated/α-hetero) is 1. The second-order valence-electron chi connectivity index (χ2n) is 4.14. The lowest BCUT2D eigenvalue weighted by Crippen LogP contribution is -2.14. The number of carbonyl (C=O) groups excluding carboxylic acids is 1. The highest BCUT2D eigenvalue weighted by molar-refractivity contribution is 14.1. The second kappa shape index (κ2) is 6.69. The highest BCUT2D eigenvalue weighted by Crippen LogP contribution is 2.18. The largest absolute Gasteiger partial charge is 0.494 e. The molecule has 20 heavy (non-hydrogen) atoms. The third kappa shape index (κ3) is 3.69. The second-order valence-corrected chi connectivity index (χ2v) is 5.38. The molecule has 0 saturated carbocycles. The molecule has 0 atom stereocenters. The predicted molar refractivity (Wildman–Crippen MR) is 84.9 cm³/mol. The number of hydrogen-bond acceptors (Lipinski definition) is 3. The summed E-state index contributed by atoms with van der Waals surface area (Å²) in [4.78, 5) is 12.0. The highest BCUT2D eigenvalue weighted by atomic mass is 127. The fourth-order valence-corrected chi connectivity index (χ4v) is 2.27. The maximum absolute atomic E-state index is 13.5. The standard InChI is InChI=1S/C15H13FINO2/c1-20-15-6-5-10(7-13(15)16)14(19)9-18-12-4-2-3-11(17)8-12/h2-8,18H,9H2,1H3. The Labute approximate surface area is 130 Å². The molecule has 0 bridgehead atoms. The summed E-state index contributed by atoms with van der Waals surface area (Å²) >= 11 is 2.20. The Hall–Kier alpha value is -1.63. The Kier molecular flexibility index (Phi) is 4.94. The maximum Gasteiger partial charge on any atom is 0.181 e. The molecular formula is C15H13FINO2. The average molecular weight is 385 g/mol. The number of hydrogen-bond donors (Lipinski definition) is 1. The fraction of sp³-hybridized carbons (Fsp3) is 0.133. The fourth-order valence-electron chi connectivity index (χ4n) is 1.72. The van der Waals surface area contributed by atoms with E-state index in [0.29, 0.717) is 5.56 Å². The minimum Gasteiger partial charge on any atom is -0.494 e. The van der Waals surface area contributed by atoms with Gasteiger partial charge in [-0.15, -0.1) is 0 Å². The lowest BCUT2D eigenvalue weighted by Gasteiger charge is -2.07. The van der Waals surface area contributed by atoms with Gasteiger partial charge in [0.2, 0.25) is 0 Å². The lowest BCUT2D eigenvalue weighted by atomic mass is 10.1. The van der Waals surface area contributed by atoms with Crippen molar-refractivity contribution in [3.8, 4) is 5.75 Å². The van der Waals surface area contributed by atoms with E-state index in [1.165, 1.54) is 19.2 Å². The Balaban J connectivity index is 2.03. The van der Waals surface area contributed by atoms with Gasteiger partial charge in [-0.2, -0.15) is 0 Å². The van der Waals surface area contributed by atoms with Crippen LogP contribution in [0.2, 0.25) is 0 Å². The van der Waals surface area contributed by atoms with Crippen LogP contribution in [-0.4, -0.2) is 19.4 Å². The van der Waals surface area contributed by atoms with E-state index in [2.05, 4.69) is 27.9 Å². The van der Waals surface area contributed by atoms with Gasteiger partial charge in [0.15, 0.2) is 17.3 Å². The Bertz CT molecular complexity index is 631. The summed E-state index contributed by atoms with van der Waals surface area (Å²) in [6.45, 7) is 0.117. The number of anilines is 1. The molecule has 104 valence electrons. The van der Waals surface area contributed by atoms with Gasteiger partial charge in [-0.25, -0.2) is 4.39 Å². The van der Waals surface area contributed by atoms with Crippen molar-refractivity contribution in [3.63, 3.8) is 0 Å². The molecule has 3 nitrogen and oxygen atoms in total. The molecule has 2 aromatic rings. The molecule has 0 spiro atoms. The quantitative estimate of drug-likeness (QED) is 0.630. The van der Waals surface area contributed by atoms with E-state index in [9.17, 15) is 9.18 Å². The van der Waals surface area contributed by atoms with Crippen LogP contribution in [0.3, 0.4) is 0 Å². The van der Waals surface area contributed by atoms with Crippen molar-refractivity contribution in [1.82, 2.24) is 0 Å². The third-order valence-corrected chi connectivity index (χ3v) is 3.42. The summed E-state index contributed by atoms with van der Waals surface area (Å²) in [7, 11) is 1.39. The first-order valence-corrected chi connectivity index (χ1v) is 7.04. The molecule has 0 fully saturated rings. The van der Waals surface area contributed by atoms with Crippen LogP contribution < -0.4 is 10.1 Å². The van der Waals surface area contributed by atoms with Gasteiger partial charge >= 0.3 is 0 Å². The van der Waals surface area contributed by atoms with Gasteiger partial charge < -0.3 is 10.1 Å². The van der Waals surface area contributed by atoms with E-state index in [1.807, 2.05) is 24.3 Å². The van der Waals surface area contributed by atoms with Crippen LogP contribution >= 0.6 is 22.6 Å². The van der Waals surface area contributed by atoms with Gasteiger partial charge in [-0.3, -0.25) is 4.79 Å². The number of ketones is 1. The molecule has 5 heteroatoms. The zero-order chi connectivity index (χ0) is 14.5. The van der Waals surface area contributed by atoms with E-state index >= 15 is 0 Å². The molecule has 2 aromatic carbocycles. The van der Waals surface area contributed by atoms with E-state index in [1.54, 1.807) is 6.07 Å². The van der Waals surface area contributed by atoms with Crippen molar-refractivity contribution in [3.05, 3.63) is 57.4 Å². The van der Waals surface area contributed by atoms with Crippen LogP contribution in [0.1, 0.15) is 10.4 Å². The molecule has 0 saturated heterocycles. The molecule has 0 aliphatic carbocycles. The Morgan fingerprint density at radius 1 is 1.30 bits per heavy atom. The van der Waals surface area contributed by atoms with Crippen molar-refractivity contribution in [2.45, 2.75) is 0 Å². The molecule has 0 amide bonds. The zero-order valence-corrected chi connectivity index (χ0v) is 13.0. The molecule has 0 aliphatic heterocycles. The van der Waals surface area contributed by atoms with Crippen LogP contribution in [0, 0.1) is 9.39 Å². The van der Waals surface area contributed by atoms with Crippen molar-refractivity contribution in [1.29, 1.82) is 0 Å². The monoisotopic (exact) mass is 385 g/mol. The summed E-state index contributed by atoms with van der Waals surface area (Å²) < 4.78 is 19.4. The van der Waals surface area contributed by atoms with Gasteiger partial charge in [-0.05, 0) is 59.0 Å².